The minimum atomic E-state index is 0.645. The molecule has 2 saturated heterocycles. The van der Waals surface area contributed by atoms with E-state index in [1.165, 1.54) is 50.1 Å². The Bertz CT molecular complexity index is 487. The van der Waals surface area contributed by atoms with Gasteiger partial charge in [-0.25, -0.2) is 0 Å². The van der Waals surface area contributed by atoms with E-state index in [-0.39, 0.29) is 0 Å². The van der Waals surface area contributed by atoms with Crippen molar-refractivity contribution >= 4 is 5.69 Å². The van der Waals surface area contributed by atoms with E-state index in [2.05, 4.69) is 34.1 Å². The first-order valence-corrected chi connectivity index (χ1v) is 8.18. The lowest BCUT2D eigenvalue weighted by Crippen LogP contribution is -2.42. The quantitative estimate of drug-likeness (QED) is 0.914. The van der Waals surface area contributed by atoms with Gasteiger partial charge in [0.05, 0.1) is 0 Å². The lowest BCUT2D eigenvalue weighted by molar-refractivity contribution is 0.310. The molecule has 4 rings (SSSR count). The Labute approximate surface area is 121 Å². The summed E-state index contributed by atoms with van der Waals surface area (Å²) in [7, 11) is 0. The first-order valence-electron chi connectivity index (χ1n) is 8.18. The summed E-state index contributed by atoms with van der Waals surface area (Å²) >= 11 is 0. The number of fused-ring (bicyclic) bond motifs is 2. The standard InChI is InChI=1S/C17H25N3/c18-9-7-13-12-20(15-5-2-1-4-14(13)15)17-8-11-19-10-3-6-16(17)19/h1-2,4-5,13,16-17H,3,6-12,18H2. The molecule has 3 aliphatic rings. The van der Waals surface area contributed by atoms with Crippen molar-refractivity contribution in [3.8, 4) is 0 Å². The molecule has 3 nitrogen and oxygen atoms in total. The first-order chi connectivity index (χ1) is 9.88. The van der Waals surface area contributed by atoms with Crippen molar-refractivity contribution in [2.75, 3.05) is 31.1 Å². The lowest BCUT2D eigenvalue weighted by Gasteiger charge is -2.32. The van der Waals surface area contributed by atoms with Gasteiger partial charge in [0, 0.05) is 36.8 Å². The number of para-hydroxylation sites is 1. The van der Waals surface area contributed by atoms with E-state index < -0.39 is 0 Å². The van der Waals surface area contributed by atoms with Crippen LogP contribution in [0.1, 0.15) is 37.2 Å². The molecule has 0 bridgehead atoms. The zero-order valence-corrected chi connectivity index (χ0v) is 12.2. The summed E-state index contributed by atoms with van der Waals surface area (Å²) in [6.45, 7) is 4.61. The lowest BCUT2D eigenvalue weighted by atomic mass is 9.98. The summed E-state index contributed by atoms with van der Waals surface area (Å²) in [4.78, 5) is 5.43. The molecule has 2 N–H and O–H groups in total. The maximum absolute atomic E-state index is 5.82. The number of hydrogen-bond donors (Lipinski definition) is 1. The van der Waals surface area contributed by atoms with E-state index in [4.69, 9.17) is 5.73 Å². The first kappa shape index (κ1) is 12.7. The third-order valence-electron chi connectivity index (χ3n) is 5.59. The predicted octanol–water partition coefficient (Wildman–Crippen LogP) is 2.18. The van der Waals surface area contributed by atoms with Crippen molar-refractivity contribution in [1.82, 2.24) is 4.90 Å². The zero-order valence-electron chi connectivity index (χ0n) is 12.2. The SMILES string of the molecule is NCCC1CN(C2CCN3CCCC23)c2ccccc21. The van der Waals surface area contributed by atoms with Crippen LogP contribution in [0.25, 0.3) is 0 Å². The average molecular weight is 271 g/mol. The summed E-state index contributed by atoms with van der Waals surface area (Å²) < 4.78 is 0. The van der Waals surface area contributed by atoms with E-state index in [0.717, 1.165) is 25.0 Å². The highest BCUT2D eigenvalue weighted by molar-refractivity contribution is 5.61. The molecule has 0 aromatic heterocycles. The molecule has 0 spiro atoms. The van der Waals surface area contributed by atoms with Gasteiger partial charge in [0.2, 0.25) is 0 Å². The summed E-state index contributed by atoms with van der Waals surface area (Å²) in [6.07, 6.45) is 5.25. The van der Waals surface area contributed by atoms with Crippen LogP contribution in [-0.4, -0.2) is 43.2 Å². The van der Waals surface area contributed by atoms with Crippen LogP contribution in [-0.2, 0) is 0 Å². The number of benzene rings is 1. The molecule has 1 aromatic carbocycles. The van der Waals surface area contributed by atoms with Crippen LogP contribution in [0.3, 0.4) is 0 Å². The zero-order chi connectivity index (χ0) is 13.5. The smallest absolute Gasteiger partial charge is 0.0457 e. The van der Waals surface area contributed by atoms with Crippen LogP contribution >= 0.6 is 0 Å². The van der Waals surface area contributed by atoms with Crippen molar-refractivity contribution < 1.29 is 0 Å². The van der Waals surface area contributed by atoms with Gasteiger partial charge in [-0.2, -0.15) is 0 Å². The van der Waals surface area contributed by atoms with E-state index in [1.54, 1.807) is 0 Å². The fourth-order valence-electron chi connectivity index (χ4n) is 4.71. The van der Waals surface area contributed by atoms with Gasteiger partial charge in [0.1, 0.15) is 0 Å². The predicted molar refractivity (Wildman–Crippen MR) is 83.2 cm³/mol. The molecule has 3 aliphatic heterocycles. The normalized spacial score (nSPS) is 32.6. The fourth-order valence-corrected chi connectivity index (χ4v) is 4.71. The van der Waals surface area contributed by atoms with Gasteiger partial charge in [-0.15, -0.1) is 0 Å². The summed E-state index contributed by atoms with van der Waals surface area (Å²) in [5, 5.41) is 0. The Balaban J connectivity index is 1.63. The number of rotatable bonds is 3. The van der Waals surface area contributed by atoms with E-state index in [1.807, 2.05) is 0 Å². The highest BCUT2D eigenvalue weighted by Crippen LogP contribution is 2.43. The molecule has 20 heavy (non-hydrogen) atoms. The Hall–Kier alpha value is -1.06. The van der Waals surface area contributed by atoms with Gasteiger partial charge >= 0.3 is 0 Å². The van der Waals surface area contributed by atoms with Gasteiger partial charge in [-0.1, -0.05) is 18.2 Å². The van der Waals surface area contributed by atoms with Crippen molar-refractivity contribution in [1.29, 1.82) is 0 Å². The second kappa shape index (κ2) is 5.05. The largest absolute Gasteiger partial charge is 0.366 e. The Morgan fingerprint density at radius 1 is 1.10 bits per heavy atom. The van der Waals surface area contributed by atoms with E-state index in [9.17, 15) is 0 Å². The maximum atomic E-state index is 5.82. The molecule has 0 aliphatic carbocycles. The Kier molecular flexibility index (Phi) is 3.20. The second-order valence-electron chi connectivity index (χ2n) is 6.59. The van der Waals surface area contributed by atoms with Crippen LogP contribution in [0, 0.1) is 0 Å². The molecular weight excluding hydrogens is 246 g/mol. The number of hydrogen-bond acceptors (Lipinski definition) is 3. The van der Waals surface area contributed by atoms with Gasteiger partial charge in [0.25, 0.3) is 0 Å². The van der Waals surface area contributed by atoms with Crippen LogP contribution in [0.15, 0.2) is 24.3 Å². The van der Waals surface area contributed by atoms with Gasteiger partial charge in [-0.05, 0) is 50.4 Å². The molecule has 3 heterocycles. The number of nitrogens with two attached hydrogens (primary N) is 1. The number of nitrogens with zero attached hydrogens (tertiary/aromatic N) is 2. The number of anilines is 1. The molecule has 3 unspecified atom stereocenters. The fraction of sp³-hybridized carbons (Fsp3) is 0.647. The van der Waals surface area contributed by atoms with Crippen LogP contribution in [0.5, 0.6) is 0 Å². The molecule has 3 atom stereocenters. The topological polar surface area (TPSA) is 32.5 Å². The molecule has 2 fully saturated rings. The van der Waals surface area contributed by atoms with E-state index in [0.29, 0.717) is 5.92 Å². The molecule has 1 aromatic rings. The second-order valence-corrected chi connectivity index (χ2v) is 6.59. The maximum Gasteiger partial charge on any atom is 0.0457 e. The highest BCUT2D eigenvalue weighted by Gasteiger charge is 2.43. The summed E-state index contributed by atoms with van der Waals surface area (Å²) in [6, 6.07) is 10.6. The van der Waals surface area contributed by atoms with Gasteiger partial charge in [-0.3, -0.25) is 4.90 Å². The summed E-state index contributed by atoms with van der Waals surface area (Å²) in [5.41, 5.74) is 8.85. The molecule has 108 valence electrons. The third kappa shape index (κ3) is 1.87. The van der Waals surface area contributed by atoms with Crippen LogP contribution in [0.4, 0.5) is 5.69 Å². The molecule has 0 amide bonds. The van der Waals surface area contributed by atoms with Crippen molar-refractivity contribution in [2.24, 2.45) is 5.73 Å². The monoisotopic (exact) mass is 271 g/mol. The van der Waals surface area contributed by atoms with Crippen molar-refractivity contribution in [3.63, 3.8) is 0 Å². The molecule has 0 saturated carbocycles. The summed E-state index contributed by atoms with van der Waals surface area (Å²) in [5.74, 6) is 0.645. The highest BCUT2D eigenvalue weighted by atomic mass is 15.3. The molecule has 3 heteroatoms. The van der Waals surface area contributed by atoms with Crippen molar-refractivity contribution in [2.45, 2.75) is 43.7 Å². The molecule has 0 radical (unpaired) electrons. The molecular formula is C17H25N3. The van der Waals surface area contributed by atoms with Gasteiger partial charge < -0.3 is 10.6 Å². The van der Waals surface area contributed by atoms with Crippen LogP contribution in [0.2, 0.25) is 0 Å². The Morgan fingerprint density at radius 2 is 2.00 bits per heavy atom. The minimum Gasteiger partial charge on any atom is -0.366 e. The third-order valence-corrected chi connectivity index (χ3v) is 5.59. The van der Waals surface area contributed by atoms with Crippen LogP contribution < -0.4 is 10.6 Å². The van der Waals surface area contributed by atoms with E-state index >= 15 is 0 Å². The Morgan fingerprint density at radius 3 is 2.90 bits per heavy atom. The van der Waals surface area contributed by atoms with Crippen molar-refractivity contribution in [3.05, 3.63) is 29.8 Å². The minimum absolute atomic E-state index is 0.645. The van der Waals surface area contributed by atoms with Gasteiger partial charge in [0.15, 0.2) is 0 Å². The average Bonchev–Trinajstić information content (AvgIpc) is 3.14.